The van der Waals surface area contributed by atoms with Crippen molar-refractivity contribution in [1.82, 2.24) is 9.21 Å². The van der Waals surface area contributed by atoms with Crippen LogP contribution in [-0.4, -0.2) is 51.2 Å². The van der Waals surface area contributed by atoms with Crippen molar-refractivity contribution in [2.75, 3.05) is 33.0 Å². The minimum Gasteiger partial charge on any atom is -0.325 e. The first-order valence-electron chi connectivity index (χ1n) is 8.04. The maximum atomic E-state index is 12.3. The highest BCUT2D eigenvalue weighted by Crippen LogP contribution is 2.27. The highest BCUT2D eigenvalue weighted by Gasteiger charge is 2.19. The van der Waals surface area contributed by atoms with Gasteiger partial charge in [0.2, 0.25) is 15.9 Å². The summed E-state index contributed by atoms with van der Waals surface area (Å²) in [5.41, 5.74) is 0.287. The van der Waals surface area contributed by atoms with Gasteiger partial charge in [-0.2, -0.15) is 0 Å². The largest absolute Gasteiger partial charge is 0.325 e. The zero-order valence-electron chi connectivity index (χ0n) is 15.2. The summed E-state index contributed by atoms with van der Waals surface area (Å²) < 4.78 is 26.7. The molecule has 0 atom stereocenters. The average Bonchev–Trinajstić information content (AvgIpc) is 2.99. The van der Waals surface area contributed by atoms with Crippen LogP contribution in [0.15, 0.2) is 39.0 Å². The Labute approximate surface area is 177 Å². The Morgan fingerprint density at radius 1 is 1.22 bits per heavy atom. The Morgan fingerprint density at radius 2 is 1.93 bits per heavy atom. The molecular weight excluding hydrogens is 474 g/mol. The first kappa shape index (κ1) is 22.3. The number of anilines is 1. The number of rotatable bonds is 8. The number of carbonyl (C=O) groups excluding carboxylic acids is 1. The number of thiophene rings is 1. The number of hydrogen-bond donors (Lipinski definition) is 1. The van der Waals surface area contributed by atoms with Gasteiger partial charge in [-0.15, -0.1) is 11.3 Å². The number of sulfonamides is 1. The normalized spacial score (nSPS) is 12.0. The van der Waals surface area contributed by atoms with Crippen molar-refractivity contribution in [2.45, 2.75) is 17.9 Å². The molecule has 0 fully saturated rings. The first-order valence-corrected chi connectivity index (χ1v) is 11.5. The molecule has 1 aromatic carbocycles. The van der Waals surface area contributed by atoms with E-state index in [1.165, 1.54) is 37.2 Å². The fraction of sp³-hybridized carbons (Fsp3) is 0.353. The van der Waals surface area contributed by atoms with Crippen molar-refractivity contribution < 1.29 is 13.2 Å². The molecule has 0 spiro atoms. The van der Waals surface area contributed by atoms with Crippen molar-refractivity contribution in [3.8, 4) is 0 Å². The number of amides is 1. The maximum Gasteiger partial charge on any atom is 0.242 e. The van der Waals surface area contributed by atoms with Gasteiger partial charge >= 0.3 is 0 Å². The van der Waals surface area contributed by atoms with Gasteiger partial charge in [-0.3, -0.25) is 4.79 Å². The van der Waals surface area contributed by atoms with Gasteiger partial charge in [0.1, 0.15) is 0 Å². The predicted molar refractivity (Wildman–Crippen MR) is 114 cm³/mol. The third kappa shape index (κ3) is 6.27. The fourth-order valence-electron chi connectivity index (χ4n) is 2.26. The molecule has 1 amide bonds. The molecule has 1 heterocycles. The lowest BCUT2D eigenvalue weighted by Gasteiger charge is -2.16. The smallest absolute Gasteiger partial charge is 0.242 e. The van der Waals surface area contributed by atoms with Crippen molar-refractivity contribution in [2.24, 2.45) is 0 Å². The standard InChI is InChI=1S/C17H21BrClN3O3S2/c1-21(2)27(24,25)13-5-6-14(19)15(10-13)20-17(23)8-9-22(3)11-12-4-7-16(18)26-12/h4-7,10H,8-9,11H2,1-3H3,(H,20,23). The Hall–Kier alpha value is -0.970. The highest BCUT2D eigenvalue weighted by molar-refractivity contribution is 9.11. The Balaban J connectivity index is 1.97. The molecule has 27 heavy (non-hydrogen) atoms. The molecule has 0 saturated heterocycles. The number of benzene rings is 1. The van der Waals surface area contributed by atoms with E-state index in [0.717, 1.165) is 14.6 Å². The SMILES string of the molecule is CN(CCC(=O)Nc1cc(S(=O)(=O)N(C)C)ccc1Cl)Cc1ccc(Br)s1. The number of nitrogens with zero attached hydrogens (tertiary/aromatic N) is 2. The molecule has 2 aromatic rings. The van der Waals surface area contributed by atoms with E-state index in [1.807, 2.05) is 24.1 Å². The van der Waals surface area contributed by atoms with Crippen LogP contribution in [0.5, 0.6) is 0 Å². The quantitative estimate of drug-likeness (QED) is 0.605. The molecule has 0 aliphatic heterocycles. The first-order chi connectivity index (χ1) is 12.6. The summed E-state index contributed by atoms with van der Waals surface area (Å²) in [6.07, 6.45) is 0.268. The Kier molecular flexibility index (Phi) is 7.84. The second kappa shape index (κ2) is 9.49. The van der Waals surface area contributed by atoms with E-state index in [-0.39, 0.29) is 27.9 Å². The Morgan fingerprint density at radius 3 is 2.52 bits per heavy atom. The average molecular weight is 495 g/mol. The highest BCUT2D eigenvalue weighted by atomic mass is 79.9. The van der Waals surface area contributed by atoms with Crippen LogP contribution in [-0.2, 0) is 21.4 Å². The van der Waals surface area contributed by atoms with Gasteiger partial charge in [-0.25, -0.2) is 12.7 Å². The third-order valence-corrected chi connectivity index (χ3v) is 7.51. The van der Waals surface area contributed by atoms with Crippen molar-refractivity contribution in [3.63, 3.8) is 0 Å². The van der Waals surface area contributed by atoms with Gasteiger partial charge in [-0.1, -0.05) is 11.6 Å². The summed E-state index contributed by atoms with van der Waals surface area (Å²) in [4.78, 5) is 15.6. The molecule has 0 radical (unpaired) electrons. The van der Waals surface area contributed by atoms with Gasteiger partial charge in [0.15, 0.2) is 0 Å². The second-order valence-electron chi connectivity index (χ2n) is 6.17. The summed E-state index contributed by atoms with van der Waals surface area (Å²) >= 11 is 11.2. The topological polar surface area (TPSA) is 69.7 Å². The lowest BCUT2D eigenvalue weighted by Crippen LogP contribution is -2.24. The van der Waals surface area contributed by atoms with Gasteiger partial charge in [0.25, 0.3) is 0 Å². The van der Waals surface area contributed by atoms with Crippen LogP contribution in [0.2, 0.25) is 5.02 Å². The lowest BCUT2D eigenvalue weighted by molar-refractivity contribution is -0.116. The molecule has 0 aliphatic carbocycles. The van der Waals surface area contributed by atoms with Gasteiger partial charge < -0.3 is 10.2 Å². The summed E-state index contributed by atoms with van der Waals surface area (Å²) in [6.45, 7) is 1.32. The molecule has 148 valence electrons. The van der Waals surface area contributed by atoms with E-state index >= 15 is 0 Å². The molecule has 1 aromatic heterocycles. The maximum absolute atomic E-state index is 12.3. The number of carbonyl (C=O) groups is 1. The summed E-state index contributed by atoms with van der Waals surface area (Å²) in [5, 5.41) is 2.99. The third-order valence-electron chi connectivity index (χ3n) is 3.77. The molecule has 0 aliphatic rings. The van der Waals surface area contributed by atoms with E-state index in [2.05, 4.69) is 21.2 Å². The van der Waals surface area contributed by atoms with Crippen molar-refractivity contribution in [3.05, 3.63) is 44.0 Å². The lowest BCUT2D eigenvalue weighted by atomic mass is 10.3. The van der Waals surface area contributed by atoms with E-state index in [9.17, 15) is 13.2 Å². The zero-order chi connectivity index (χ0) is 20.2. The molecular formula is C17H21BrClN3O3S2. The van der Waals surface area contributed by atoms with Crippen molar-refractivity contribution >= 4 is 60.5 Å². The summed E-state index contributed by atoms with van der Waals surface area (Å²) in [5.74, 6) is -0.226. The minimum absolute atomic E-state index is 0.0765. The van der Waals surface area contributed by atoms with E-state index < -0.39 is 10.0 Å². The monoisotopic (exact) mass is 493 g/mol. The van der Waals surface area contributed by atoms with E-state index in [0.29, 0.717) is 6.54 Å². The minimum atomic E-state index is -3.60. The second-order valence-corrected chi connectivity index (χ2v) is 11.3. The molecule has 6 nitrogen and oxygen atoms in total. The van der Waals surface area contributed by atoms with Crippen LogP contribution >= 0.6 is 38.9 Å². The summed E-state index contributed by atoms with van der Waals surface area (Å²) in [6, 6.07) is 8.30. The molecule has 0 unspecified atom stereocenters. The van der Waals surface area contributed by atoms with Crippen LogP contribution in [0.3, 0.4) is 0 Å². The molecule has 0 saturated carbocycles. The van der Waals surface area contributed by atoms with Gasteiger partial charge in [-0.05, 0) is 53.3 Å². The van der Waals surface area contributed by atoms with Crippen LogP contribution in [0, 0.1) is 0 Å². The Bertz CT molecular complexity index is 916. The van der Waals surface area contributed by atoms with E-state index in [4.69, 9.17) is 11.6 Å². The number of hydrogen-bond acceptors (Lipinski definition) is 5. The number of halogens is 2. The molecule has 1 N–H and O–H groups in total. The van der Waals surface area contributed by atoms with Crippen LogP contribution < -0.4 is 5.32 Å². The van der Waals surface area contributed by atoms with Crippen LogP contribution in [0.4, 0.5) is 5.69 Å². The predicted octanol–water partition coefficient (Wildman–Crippen LogP) is 3.87. The fourth-order valence-corrected chi connectivity index (χ4v) is 4.92. The number of nitrogens with one attached hydrogen (secondary N) is 1. The van der Waals surface area contributed by atoms with Gasteiger partial charge in [0.05, 0.1) is 19.4 Å². The van der Waals surface area contributed by atoms with Gasteiger partial charge in [0, 0.05) is 38.5 Å². The van der Waals surface area contributed by atoms with E-state index in [1.54, 1.807) is 11.3 Å². The molecule has 10 heteroatoms. The van der Waals surface area contributed by atoms with Crippen LogP contribution in [0.25, 0.3) is 0 Å². The zero-order valence-corrected chi connectivity index (χ0v) is 19.2. The summed E-state index contributed by atoms with van der Waals surface area (Å²) in [7, 11) is 1.24. The molecule has 2 rings (SSSR count). The van der Waals surface area contributed by atoms with Crippen molar-refractivity contribution in [1.29, 1.82) is 0 Å². The van der Waals surface area contributed by atoms with Crippen LogP contribution in [0.1, 0.15) is 11.3 Å². The molecule has 0 bridgehead atoms.